The Balaban J connectivity index is 1.79. The second-order valence-electron chi connectivity index (χ2n) is 4.80. The lowest BCUT2D eigenvalue weighted by molar-refractivity contribution is -0.126. The number of hydrazine groups is 1. The Morgan fingerprint density at radius 3 is 2.95 bits per heavy atom. The van der Waals surface area contributed by atoms with E-state index in [9.17, 15) is 19.1 Å². The quantitative estimate of drug-likeness (QED) is 0.768. The molecule has 114 valence electrons. The summed E-state index contributed by atoms with van der Waals surface area (Å²) in [5, 5.41) is 11.6. The van der Waals surface area contributed by atoms with Crippen LogP contribution in [0.2, 0.25) is 0 Å². The van der Waals surface area contributed by atoms with E-state index in [-0.39, 0.29) is 11.7 Å². The van der Waals surface area contributed by atoms with Crippen LogP contribution in [0.3, 0.4) is 0 Å². The molecule has 2 amide bonds. The van der Waals surface area contributed by atoms with Gasteiger partial charge in [0.05, 0.1) is 4.91 Å². The van der Waals surface area contributed by atoms with Gasteiger partial charge in [-0.25, -0.2) is 4.39 Å². The monoisotopic (exact) mass is 321 g/mol. The van der Waals surface area contributed by atoms with Gasteiger partial charge in [0, 0.05) is 24.6 Å². The summed E-state index contributed by atoms with van der Waals surface area (Å²) in [5.41, 5.74) is 2.98. The maximum Gasteiger partial charge on any atom is 0.286 e. The van der Waals surface area contributed by atoms with Gasteiger partial charge >= 0.3 is 0 Å². The number of aliphatic imine (C=N–C) groups is 1. The average molecular weight is 321 g/mol. The zero-order valence-corrected chi connectivity index (χ0v) is 12.2. The molecule has 0 saturated carbocycles. The molecular weight excluding hydrogens is 309 g/mol. The minimum atomic E-state index is -0.557. The van der Waals surface area contributed by atoms with Crippen LogP contribution in [0.25, 0.3) is 6.08 Å². The summed E-state index contributed by atoms with van der Waals surface area (Å²) in [6.45, 7) is 0.583. The Bertz CT molecular complexity index is 717. The van der Waals surface area contributed by atoms with Crippen molar-refractivity contribution in [1.82, 2.24) is 10.4 Å². The van der Waals surface area contributed by atoms with Gasteiger partial charge in [0.25, 0.3) is 5.91 Å². The van der Waals surface area contributed by atoms with Gasteiger partial charge in [-0.05, 0) is 36.4 Å². The first-order valence-corrected chi connectivity index (χ1v) is 7.43. The molecule has 1 saturated heterocycles. The molecule has 1 aromatic carbocycles. The van der Waals surface area contributed by atoms with E-state index in [1.54, 1.807) is 5.01 Å². The Kier molecular flexibility index (Phi) is 3.84. The third-order valence-electron chi connectivity index (χ3n) is 3.16. The molecule has 1 fully saturated rings. The van der Waals surface area contributed by atoms with E-state index in [2.05, 4.69) is 10.4 Å². The Labute approximate surface area is 129 Å². The molecule has 8 heteroatoms. The van der Waals surface area contributed by atoms with Crippen molar-refractivity contribution in [3.05, 3.63) is 34.5 Å². The van der Waals surface area contributed by atoms with Gasteiger partial charge in [0.1, 0.15) is 11.6 Å². The first-order chi connectivity index (χ1) is 10.5. The number of aromatic hydroxyl groups is 1. The molecule has 2 N–H and O–H groups in total. The van der Waals surface area contributed by atoms with Crippen LogP contribution >= 0.6 is 11.8 Å². The fourth-order valence-electron chi connectivity index (χ4n) is 2.10. The summed E-state index contributed by atoms with van der Waals surface area (Å²) >= 11 is 1.10. The van der Waals surface area contributed by atoms with E-state index in [1.807, 2.05) is 0 Å². The highest BCUT2D eigenvalue weighted by atomic mass is 32.2. The van der Waals surface area contributed by atoms with E-state index in [0.29, 0.717) is 35.0 Å². The van der Waals surface area contributed by atoms with E-state index in [0.717, 1.165) is 17.8 Å². The van der Waals surface area contributed by atoms with Crippen LogP contribution in [-0.4, -0.2) is 33.6 Å². The molecular formula is C14H12FN3O3S. The van der Waals surface area contributed by atoms with Crippen molar-refractivity contribution in [3.63, 3.8) is 0 Å². The van der Waals surface area contributed by atoms with Crippen molar-refractivity contribution < 1.29 is 19.1 Å². The minimum Gasteiger partial charge on any atom is -0.507 e. The number of carbonyl (C=O) groups excluding carboxylic acids is 2. The third-order valence-corrected chi connectivity index (χ3v) is 4.17. The Hall–Kier alpha value is -2.35. The SMILES string of the molecule is O=C1CCCN(C2=NC(=O)/C(=C/c3ccc(F)cc3O)S2)N1. The molecule has 1 aromatic rings. The van der Waals surface area contributed by atoms with Crippen molar-refractivity contribution in [2.75, 3.05) is 6.54 Å². The maximum absolute atomic E-state index is 13.0. The molecule has 2 aliphatic heterocycles. The predicted octanol–water partition coefficient (Wildman–Crippen LogP) is 1.63. The number of nitrogens with one attached hydrogen (secondary N) is 1. The lowest BCUT2D eigenvalue weighted by Crippen LogP contribution is -2.48. The topological polar surface area (TPSA) is 82.0 Å². The number of hydrogen-bond donors (Lipinski definition) is 2. The van der Waals surface area contributed by atoms with Crippen molar-refractivity contribution in [2.45, 2.75) is 12.8 Å². The lowest BCUT2D eigenvalue weighted by atomic mass is 10.2. The average Bonchev–Trinajstić information content (AvgIpc) is 2.83. The van der Waals surface area contributed by atoms with E-state index in [1.165, 1.54) is 18.2 Å². The molecule has 0 unspecified atom stereocenters. The van der Waals surface area contributed by atoms with Gasteiger partial charge in [0.2, 0.25) is 5.91 Å². The first kappa shape index (κ1) is 14.6. The number of phenolic OH excluding ortho intramolecular Hbond substituents is 1. The molecule has 0 radical (unpaired) electrons. The largest absolute Gasteiger partial charge is 0.507 e. The van der Waals surface area contributed by atoms with Gasteiger partial charge in [0.15, 0.2) is 5.17 Å². The summed E-state index contributed by atoms with van der Waals surface area (Å²) in [5.74, 6) is -1.38. The number of hydrogen-bond acceptors (Lipinski definition) is 5. The fraction of sp³-hybridized carbons (Fsp3) is 0.214. The van der Waals surface area contributed by atoms with Gasteiger partial charge < -0.3 is 5.11 Å². The van der Waals surface area contributed by atoms with E-state index < -0.39 is 11.7 Å². The standard InChI is InChI=1S/C14H12FN3O3S/c15-9-4-3-8(10(19)7-9)6-11-13(21)16-14(22-11)18-5-1-2-12(20)17-18/h3-4,6-7,19H,1-2,5H2,(H,17,20)/b11-6-. The zero-order valence-electron chi connectivity index (χ0n) is 11.4. The van der Waals surface area contributed by atoms with Gasteiger partial charge in [-0.15, -0.1) is 0 Å². The number of benzene rings is 1. The van der Waals surface area contributed by atoms with E-state index in [4.69, 9.17) is 0 Å². The highest BCUT2D eigenvalue weighted by molar-refractivity contribution is 8.18. The fourth-order valence-corrected chi connectivity index (χ4v) is 2.99. The lowest BCUT2D eigenvalue weighted by Gasteiger charge is -2.27. The van der Waals surface area contributed by atoms with Gasteiger partial charge in [-0.1, -0.05) is 0 Å². The predicted molar refractivity (Wildman–Crippen MR) is 80.2 cm³/mol. The molecule has 0 aromatic heterocycles. The molecule has 0 spiro atoms. The van der Waals surface area contributed by atoms with Crippen LogP contribution in [0.1, 0.15) is 18.4 Å². The normalized spacial score (nSPS) is 20.3. The smallest absolute Gasteiger partial charge is 0.286 e. The number of phenols is 1. The highest BCUT2D eigenvalue weighted by Crippen LogP contribution is 2.32. The van der Waals surface area contributed by atoms with Crippen LogP contribution in [-0.2, 0) is 9.59 Å². The summed E-state index contributed by atoms with van der Waals surface area (Å²) in [4.78, 5) is 27.5. The van der Waals surface area contributed by atoms with Crippen LogP contribution in [0.15, 0.2) is 28.1 Å². The van der Waals surface area contributed by atoms with Crippen LogP contribution in [0.4, 0.5) is 4.39 Å². The van der Waals surface area contributed by atoms with Gasteiger partial charge in [-0.2, -0.15) is 4.99 Å². The highest BCUT2D eigenvalue weighted by Gasteiger charge is 2.28. The maximum atomic E-state index is 13.0. The Morgan fingerprint density at radius 2 is 2.23 bits per heavy atom. The number of thioether (sulfide) groups is 1. The Morgan fingerprint density at radius 1 is 1.41 bits per heavy atom. The molecule has 2 aliphatic rings. The van der Waals surface area contributed by atoms with Crippen molar-refractivity contribution in [1.29, 1.82) is 0 Å². The molecule has 0 aliphatic carbocycles. The van der Waals surface area contributed by atoms with Crippen LogP contribution in [0.5, 0.6) is 5.75 Å². The molecule has 6 nitrogen and oxygen atoms in total. The van der Waals surface area contributed by atoms with Crippen molar-refractivity contribution in [2.24, 2.45) is 4.99 Å². The number of amides is 2. The van der Waals surface area contributed by atoms with Crippen LogP contribution in [0, 0.1) is 5.82 Å². The third kappa shape index (κ3) is 2.96. The zero-order chi connectivity index (χ0) is 15.7. The van der Waals surface area contributed by atoms with Crippen molar-refractivity contribution in [3.8, 4) is 5.75 Å². The molecule has 3 rings (SSSR count). The molecule has 2 heterocycles. The number of rotatable bonds is 1. The summed E-state index contributed by atoms with van der Waals surface area (Å²) in [7, 11) is 0. The summed E-state index contributed by atoms with van der Waals surface area (Å²) < 4.78 is 13.0. The minimum absolute atomic E-state index is 0.115. The van der Waals surface area contributed by atoms with Crippen LogP contribution < -0.4 is 5.43 Å². The number of amidine groups is 1. The molecule has 0 atom stereocenters. The second kappa shape index (κ2) is 5.80. The summed E-state index contributed by atoms with van der Waals surface area (Å²) in [6, 6.07) is 3.55. The molecule has 0 bridgehead atoms. The molecule has 22 heavy (non-hydrogen) atoms. The van der Waals surface area contributed by atoms with Gasteiger partial charge in [-0.3, -0.25) is 20.0 Å². The number of nitrogens with zero attached hydrogens (tertiary/aromatic N) is 2. The first-order valence-electron chi connectivity index (χ1n) is 6.61. The number of carbonyl (C=O) groups is 2. The van der Waals surface area contributed by atoms with E-state index >= 15 is 0 Å². The number of halogens is 1. The second-order valence-corrected chi connectivity index (χ2v) is 5.81. The van der Waals surface area contributed by atoms with Crippen molar-refractivity contribution >= 4 is 34.8 Å². The summed E-state index contributed by atoms with van der Waals surface area (Å²) in [6.07, 6.45) is 2.59.